The number of benzene rings is 1. The van der Waals surface area contributed by atoms with Crippen LogP contribution < -0.4 is 15.5 Å². The molecule has 2 N–H and O–H groups in total. The fraction of sp³-hybridized carbons (Fsp3) is 0.577. The maximum Gasteiger partial charge on any atom is 0.239 e. The lowest BCUT2D eigenvalue weighted by molar-refractivity contribution is -0.119. The Balaban J connectivity index is 1.39. The van der Waals surface area contributed by atoms with Crippen LogP contribution in [0, 0.1) is 6.92 Å². The lowest BCUT2D eigenvalue weighted by atomic mass is 10.1. The number of carbonyl (C=O) groups excluding carboxylic acids is 1. The Morgan fingerprint density at radius 3 is 2.64 bits per heavy atom. The number of amides is 1. The van der Waals surface area contributed by atoms with Crippen LogP contribution in [0.4, 0.5) is 10.9 Å². The van der Waals surface area contributed by atoms with E-state index in [4.69, 9.17) is 10.1 Å². The highest BCUT2D eigenvalue weighted by Gasteiger charge is 2.23. The molecule has 3 heterocycles. The molecule has 0 spiro atoms. The summed E-state index contributed by atoms with van der Waals surface area (Å²) in [5.74, 6) is 0.879. The fourth-order valence-electron chi connectivity index (χ4n) is 4.29. The summed E-state index contributed by atoms with van der Waals surface area (Å²) < 4.78 is 1.87. The van der Waals surface area contributed by atoms with Gasteiger partial charge in [-0.1, -0.05) is 35.1 Å². The standard InChI is InChI=1S/C26H40N8OS/c1-19-9-7-10-20(17-19)22-23(29-26(2,3)4)34-24(28-22)36-25(30-34)32(6)18-21(35)27-11-8-12-33-15-13-31(5)14-16-33/h7,9-10,17,29H,8,11-16,18H2,1-6H3,(H,27,35). The van der Waals surface area contributed by atoms with E-state index in [-0.39, 0.29) is 18.0 Å². The number of aromatic nitrogens is 3. The summed E-state index contributed by atoms with van der Waals surface area (Å²) in [7, 11) is 4.07. The van der Waals surface area contributed by atoms with Crippen molar-refractivity contribution in [3.05, 3.63) is 29.8 Å². The van der Waals surface area contributed by atoms with Crippen molar-refractivity contribution in [3.63, 3.8) is 0 Å². The molecule has 0 unspecified atom stereocenters. The van der Waals surface area contributed by atoms with Gasteiger partial charge in [0, 0.05) is 50.9 Å². The van der Waals surface area contributed by atoms with Crippen molar-refractivity contribution in [2.75, 3.05) is 70.1 Å². The maximum atomic E-state index is 12.6. The third-order valence-corrected chi connectivity index (χ3v) is 7.28. The molecule has 0 atom stereocenters. The van der Waals surface area contributed by atoms with Crippen LogP contribution in [0.1, 0.15) is 32.8 Å². The zero-order valence-electron chi connectivity index (χ0n) is 22.5. The molecule has 4 rings (SSSR count). The predicted molar refractivity (Wildman–Crippen MR) is 149 cm³/mol. The van der Waals surface area contributed by atoms with Crippen molar-refractivity contribution < 1.29 is 4.79 Å². The van der Waals surface area contributed by atoms with E-state index in [0.717, 1.165) is 66.3 Å². The molecule has 0 radical (unpaired) electrons. The molecule has 3 aromatic rings. The molecular weight excluding hydrogens is 472 g/mol. The van der Waals surface area contributed by atoms with Crippen LogP contribution in [-0.4, -0.2) is 95.8 Å². The summed E-state index contributed by atoms with van der Waals surface area (Å²) in [6, 6.07) is 8.35. The van der Waals surface area contributed by atoms with E-state index in [1.807, 2.05) is 16.5 Å². The van der Waals surface area contributed by atoms with Crippen LogP contribution >= 0.6 is 11.3 Å². The van der Waals surface area contributed by atoms with Crippen LogP contribution in [0.25, 0.3) is 16.2 Å². The van der Waals surface area contributed by atoms with Gasteiger partial charge in [0.1, 0.15) is 5.69 Å². The summed E-state index contributed by atoms with van der Waals surface area (Å²) >= 11 is 1.49. The number of likely N-dealkylation sites (N-methyl/N-ethyl adjacent to an activating group) is 2. The van der Waals surface area contributed by atoms with E-state index in [1.165, 1.54) is 16.9 Å². The molecule has 36 heavy (non-hydrogen) atoms. The summed E-state index contributed by atoms with van der Waals surface area (Å²) in [4.78, 5) is 25.0. The number of fused-ring (bicyclic) bond motifs is 1. The number of rotatable bonds is 9. The quantitative estimate of drug-likeness (QED) is 0.426. The second-order valence-electron chi connectivity index (χ2n) is 10.8. The molecule has 196 valence electrons. The molecule has 10 heteroatoms. The zero-order chi connectivity index (χ0) is 25.9. The fourth-order valence-corrected chi connectivity index (χ4v) is 5.16. The maximum absolute atomic E-state index is 12.6. The molecule has 2 aromatic heterocycles. The van der Waals surface area contributed by atoms with Gasteiger partial charge in [0.25, 0.3) is 0 Å². The number of nitrogens with one attached hydrogen (secondary N) is 2. The first-order chi connectivity index (χ1) is 17.1. The molecule has 1 amide bonds. The van der Waals surface area contributed by atoms with Crippen LogP contribution in [0.3, 0.4) is 0 Å². The Hall–Kier alpha value is -2.69. The number of hydrogen-bond acceptors (Lipinski definition) is 8. The number of aryl methyl sites for hydroxylation is 1. The van der Waals surface area contributed by atoms with E-state index >= 15 is 0 Å². The highest BCUT2D eigenvalue weighted by Crippen LogP contribution is 2.34. The van der Waals surface area contributed by atoms with Gasteiger partial charge in [0.2, 0.25) is 16.0 Å². The number of anilines is 2. The number of carbonyl (C=O) groups is 1. The highest BCUT2D eigenvalue weighted by atomic mass is 32.1. The van der Waals surface area contributed by atoms with Crippen molar-refractivity contribution in [2.45, 2.75) is 39.7 Å². The van der Waals surface area contributed by atoms with E-state index < -0.39 is 0 Å². The van der Waals surface area contributed by atoms with Gasteiger partial charge in [-0.25, -0.2) is 4.98 Å². The molecule has 1 aromatic carbocycles. The Kier molecular flexibility index (Phi) is 8.17. The summed E-state index contributed by atoms with van der Waals surface area (Å²) in [6.45, 7) is 14.9. The minimum absolute atomic E-state index is 0.0113. The average Bonchev–Trinajstić information content (AvgIpc) is 3.36. The monoisotopic (exact) mass is 512 g/mol. The third kappa shape index (κ3) is 6.74. The second kappa shape index (κ2) is 11.1. The first-order valence-corrected chi connectivity index (χ1v) is 13.5. The van der Waals surface area contributed by atoms with E-state index in [9.17, 15) is 4.79 Å². The normalized spacial score (nSPS) is 15.4. The highest BCUT2D eigenvalue weighted by molar-refractivity contribution is 7.20. The third-order valence-electron chi connectivity index (χ3n) is 6.25. The van der Waals surface area contributed by atoms with E-state index in [0.29, 0.717) is 6.54 Å². The summed E-state index contributed by atoms with van der Waals surface area (Å²) in [5, 5.41) is 12.2. The summed E-state index contributed by atoms with van der Waals surface area (Å²) in [6.07, 6.45) is 0.966. The lowest BCUT2D eigenvalue weighted by Gasteiger charge is -2.32. The van der Waals surface area contributed by atoms with Gasteiger partial charge in [0.05, 0.1) is 6.54 Å². The molecule has 0 saturated carbocycles. The second-order valence-corrected chi connectivity index (χ2v) is 11.8. The van der Waals surface area contributed by atoms with E-state index in [1.54, 1.807) is 0 Å². The number of nitrogens with zero attached hydrogens (tertiary/aromatic N) is 6. The molecule has 1 aliphatic rings. The van der Waals surface area contributed by atoms with Gasteiger partial charge in [-0.3, -0.25) is 4.79 Å². The SMILES string of the molecule is Cc1cccc(-c2nc3sc(N(C)CC(=O)NCCCN4CCN(C)CC4)nn3c2NC(C)(C)C)c1. The largest absolute Gasteiger partial charge is 0.364 e. The van der Waals surface area contributed by atoms with Gasteiger partial charge < -0.3 is 25.3 Å². The molecule has 1 fully saturated rings. The van der Waals surface area contributed by atoms with Crippen molar-refractivity contribution in [1.82, 2.24) is 29.7 Å². The minimum Gasteiger partial charge on any atom is -0.364 e. The Morgan fingerprint density at radius 2 is 1.94 bits per heavy atom. The minimum atomic E-state index is -0.159. The van der Waals surface area contributed by atoms with Crippen LogP contribution in [0.15, 0.2) is 24.3 Å². The Bertz CT molecular complexity index is 1170. The van der Waals surface area contributed by atoms with Crippen molar-refractivity contribution in [3.8, 4) is 11.3 Å². The molecule has 0 aliphatic carbocycles. The molecule has 0 bridgehead atoms. The van der Waals surface area contributed by atoms with Gasteiger partial charge in [-0.05, 0) is 53.8 Å². The molecule has 1 saturated heterocycles. The Labute approximate surface area is 218 Å². The van der Waals surface area contributed by atoms with Crippen LogP contribution in [-0.2, 0) is 4.79 Å². The summed E-state index contributed by atoms with van der Waals surface area (Å²) in [5.41, 5.74) is 2.98. The van der Waals surface area contributed by atoms with E-state index in [2.05, 4.69) is 79.4 Å². The molecule has 1 aliphatic heterocycles. The number of hydrogen-bond donors (Lipinski definition) is 2. The average molecular weight is 513 g/mol. The van der Waals surface area contributed by atoms with Crippen LogP contribution in [0.5, 0.6) is 0 Å². The van der Waals surface area contributed by atoms with Gasteiger partial charge in [0.15, 0.2) is 5.82 Å². The van der Waals surface area contributed by atoms with Gasteiger partial charge >= 0.3 is 0 Å². The van der Waals surface area contributed by atoms with Crippen molar-refractivity contribution in [1.29, 1.82) is 0 Å². The first kappa shape index (κ1) is 26.4. The van der Waals surface area contributed by atoms with Gasteiger partial charge in [-0.15, -0.1) is 5.10 Å². The smallest absolute Gasteiger partial charge is 0.239 e. The topological polar surface area (TPSA) is 81.0 Å². The molecule has 9 nitrogen and oxygen atoms in total. The first-order valence-electron chi connectivity index (χ1n) is 12.7. The van der Waals surface area contributed by atoms with Crippen LogP contribution in [0.2, 0.25) is 0 Å². The molecular formula is C26H40N8OS. The Morgan fingerprint density at radius 1 is 1.19 bits per heavy atom. The zero-order valence-corrected chi connectivity index (χ0v) is 23.3. The van der Waals surface area contributed by atoms with Crippen molar-refractivity contribution in [2.24, 2.45) is 0 Å². The number of piperazine rings is 1. The predicted octanol–water partition coefficient (Wildman–Crippen LogP) is 3.17. The van der Waals surface area contributed by atoms with Crippen molar-refractivity contribution >= 4 is 33.2 Å². The lowest BCUT2D eigenvalue weighted by Crippen LogP contribution is -2.45. The van der Waals surface area contributed by atoms with Gasteiger partial charge in [-0.2, -0.15) is 4.52 Å². The number of imidazole rings is 1.